The van der Waals surface area contributed by atoms with Gasteiger partial charge in [-0.1, -0.05) is 48.5 Å². The van der Waals surface area contributed by atoms with Crippen molar-refractivity contribution in [3.8, 4) is 28.0 Å². The average Bonchev–Trinajstić information content (AvgIpc) is 2.68. The number of hydrogen-bond donors (Lipinski definition) is 4. The van der Waals surface area contributed by atoms with E-state index in [4.69, 9.17) is 16.0 Å². The number of hydrogen-bond acceptors (Lipinski definition) is 4. The third-order valence-electron chi connectivity index (χ3n) is 4.63. The van der Waals surface area contributed by atoms with Gasteiger partial charge >= 0.3 is 7.82 Å². The maximum absolute atomic E-state index is 11.8. The Morgan fingerprint density at radius 3 is 1.90 bits per heavy atom. The molecule has 6 nitrogen and oxygen atoms in total. The lowest BCUT2D eigenvalue weighted by molar-refractivity contribution is 0.284. The van der Waals surface area contributed by atoms with E-state index in [9.17, 15) is 14.4 Å². The van der Waals surface area contributed by atoms with E-state index in [0.29, 0.717) is 22.5 Å². The highest BCUT2D eigenvalue weighted by atomic mass is 31.2. The van der Waals surface area contributed by atoms with Gasteiger partial charge in [0.2, 0.25) is 0 Å². The van der Waals surface area contributed by atoms with E-state index in [0.717, 1.165) is 21.9 Å². The van der Waals surface area contributed by atoms with Gasteiger partial charge < -0.3 is 16.0 Å². The zero-order valence-electron chi connectivity index (χ0n) is 15.3. The van der Waals surface area contributed by atoms with E-state index >= 15 is 0 Å². The molecular formula is C22H19N2O4P. The van der Waals surface area contributed by atoms with E-state index in [1.807, 2.05) is 30.3 Å². The summed E-state index contributed by atoms with van der Waals surface area (Å²) in [7, 11) is -4.83. The van der Waals surface area contributed by atoms with Crippen molar-refractivity contribution in [1.29, 1.82) is 0 Å². The second-order valence-electron chi connectivity index (χ2n) is 6.68. The molecule has 0 saturated carbocycles. The predicted molar refractivity (Wildman–Crippen MR) is 116 cm³/mol. The Morgan fingerprint density at radius 1 is 0.759 bits per heavy atom. The molecule has 0 amide bonds. The lowest BCUT2D eigenvalue weighted by Crippen LogP contribution is -1.98. The smallest absolute Gasteiger partial charge is 0.403 e. The summed E-state index contributed by atoms with van der Waals surface area (Å²) >= 11 is 0. The van der Waals surface area contributed by atoms with E-state index in [-0.39, 0.29) is 5.75 Å². The first-order valence-corrected chi connectivity index (χ1v) is 10.4. The van der Waals surface area contributed by atoms with Crippen molar-refractivity contribution >= 4 is 30.0 Å². The normalized spacial score (nSPS) is 11.5. The van der Waals surface area contributed by atoms with Crippen LogP contribution in [0.25, 0.3) is 33.0 Å². The summed E-state index contributed by atoms with van der Waals surface area (Å²) < 4.78 is 17.1. The molecule has 0 saturated heterocycles. The highest BCUT2D eigenvalue weighted by Gasteiger charge is 2.25. The molecule has 6 N–H and O–H groups in total. The minimum atomic E-state index is -4.83. The number of phosphoric acid groups is 1. The number of fused-ring (bicyclic) bond motifs is 1. The molecule has 29 heavy (non-hydrogen) atoms. The van der Waals surface area contributed by atoms with Crippen LogP contribution in [-0.4, -0.2) is 9.79 Å². The van der Waals surface area contributed by atoms with Crippen molar-refractivity contribution in [3.05, 3.63) is 78.9 Å². The molecule has 0 spiro atoms. The van der Waals surface area contributed by atoms with Crippen LogP contribution in [0, 0.1) is 0 Å². The molecule has 4 aromatic rings. The molecule has 0 aliphatic rings. The molecule has 0 aliphatic heterocycles. The summed E-state index contributed by atoms with van der Waals surface area (Å²) in [4.78, 5) is 19.2. The summed E-state index contributed by atoms with van der Waals surface area (Å²) in [5.74, 6) is 0.103. The van der Waals surface area contributed by atoms with Crippen LogP contribution in [0.2, 0.25) is 0 Å². The first-order chi connectivity index (χ1) is 13.8. The summed E-state index contributed by atoms with van der Waals surface area (Å²) in [5.41, 5.74) is 15.4. The van der Waals surface area contributed by atoms with Crippen LogP contribution in [-0.2, 0) is 4.57 Å². The van der Waals surface area contributed by atoms with E-state index in [1.54, 1.807) is 48.5 Å². The highest BCUT2D eigenvalue weighted by molar-refractivity contribution is 7.46. The summed E-state index contributed by atoms with van der Waals surface area (Å²) in [6.07, 6.45) is 0. The van der Waals surface area contributed by atoms with Gasteiger partial charge in [0.05, 0.1) is 0 Å². The van der Waals surface area contributed by atoms with Gasteiger partial charge in [-0.25, -0.2) is 4.57 Å². The fourth-order valence-electron chi connectivity index (χ4n) is 3.36. The van der Waals surface area contributed by atoms with Crippen LogP contribution in [0.5, 0.6) is 5.75 Å². The van der Waals surface area contributed by atoms with Gasteiger partial charge in [-0.2, -0.15) is 0 Å². The minimum absolute atomic E-state index is 0.103. The van der Waals surface area contributed by atoms with Crippen LogP contribution in [0.1, 0.15) is 0 Å². The Labute approximate surface area is 167 Å². The first kappa shape index (κ1) is 19.0. The molecule has 0 radical (unpaired) electrons. The topological polar surface area (TPSA) is 119 Å². The van der Waals surface area contributed by atoms with Crippen molar-refractivity contribution < 1.29 is 18.9 Å². The molecule has 0 fully saturated rings. The average molecular weight is 406 g/mol. The van der Waals surface area contributed by atoms with Gasteiger partial charge in [-0.05, 0) is 52.2 Å². The number of nitrogens with two attached hydrogens (primary N) is 2. The standard InChI is InChI=1S/C22H19N2O4P/c23-17-9-5-14(6-10-17)20-13-16-3-1-2-4-19(16)21(22(20)28-29(25,26)27)15-7-11-18(24)12-8-15/h1-13H,23-24H2,(H2,25,26,27). The fraction of sp³-hybridized carbons (Fsp3) is 0. The fourth-order valence-corrected chi connectivity index (χ4v) is 3.78. The van der Waals surface area contributed by atoms with Crippen LogP contribution in [0.4, 0.5) is 11.4 Å². The van der Waals surface area contributed by atoms with Crippen molar-refractivity contribution in [1.82, 2.24) is 0 Å². The monoisotopic (exact) mass is 406 g/mol. The maximum Gasteiger partial charge on any atom is 0.524 e. The Bertz CT molecular complexity index is 1230. The Hall–Kier alpha value is -3.31. The maximum atomic E-state index is 11.8. The van der Waals surface area contributed by atoms with Crippen molar-refractivity contribution in [2.75, 3.05) is 11.5 Å². The van der Waals surface area contributed by atoms with Crippen molar-refractivity contribution in [2.24, 2.45) is 0 Å². The molecule has 146 valence electrons. The summed E-state index contributed by atoms with van der Waals surface area (Å²) in [5, 5.41) is 1.71. The minimum Gasteiger partial charge on any atom is -0.403 e. The Balaban J connectivity index is 2.11. The number of phosphoric ester groups is 1. The van der Waals surface area contributed by atoms with Gasteiger partial charge in [-0.3, -0.25) is 9.79 Å². The summed E-state index contributed by atoms with van der Waals surface area (Å²) in [6, 6.07) is 23.6. The molecule has 0 atom stereocenters. The first-order valence-electron chi connectivity index (χ1n) is 8.84. The van der Waals surface area contributed by atoms with Gasteiger partial charge in [0, 0.05) is 22.5 Å². The molecular weight excluding hydrogens is 387 g/mol. The third kappa shape index (κ3) is 3.96. The molecule has 0 heterocycles. The zero-order valence-corrected chi connectivity index (χ0v) is 16.2. The molecule has 0 bridgehead atoms. The largest absolute Gasteiger partial charge is 0.524 e. The second kappa shape index (κ2) is 7.26. The van der Waals surface area contributed by atoms with Crippen molar-refractivity contribution in [2.45, 2.75) is 0 Å². The van der Waals surface area contributed by atoms with Gasteiger partial charge in [0.1, 0.15) is 5.75 Å². The Morgan fingerprint density at radius 2 is 1.31 bits per heavy atom. The lowest BCUT2D eigenvalue weighted by atomic mass is 9.91. The van der Waals surface area contributed by atoms with Crippen LogP contribution in [0.15, 0.2) is 78.9 Å². The SMILES string of the molecule is Nc1ccc(-c2cc3ccccc3c(-c3ccc(N)cc3)c2OP(=O)(O)O)cc1. The van der Waals surface area contributed by atoms with E-state index in [1.165, 1.54) is 0 Å². The molecule has 0 unspecified atom stereocenters. The van der Waals surface area contributed by atoms with Gasteiger partial charge in [0.25, 0.3) is 0 Å². The zero-order chi connectivity index (χ0) is 20.6. The van der Waals surface area contributed by atoms with Gasteiger partial charge in [0.15, 0.2) is 0 Å². The Kier molecular flexibility index (Phi) is 4.76. The van der Waals surface area contributed by atoms with Crippen LogP contribution in [0.3, 0.4) is 0 Å². The number of nitrogen functional groups attached to an aromatic ring is 2. The quantitative estimate of drug-likeness (QED) is 0.285. The third-order valence-corrected chi connectivity index (χ3v) is 5.05. The highest BCUT2D eigenvalue weighted by Crippen LogP contribution is 2.50. The number of benzene rings is 4. The summed E-state index contributed by atoms with van der Waals surface area (Å²) in [6.45, 7) is 0. The van der Waals surface area contributed by atoms with Crippen LogP contribution >= 0.6 is 7.82 Å². The van der Waals surface area contributed by atoms with Gasteiger partial charge in [-0.15, -0.1) is 0 Å². The molecule has 0 aliphatic carbocycles. The predicted octanol–water partition coefficient (Wildman–Crippen LogP) is 4.81. The number of anilines is 2. The molecule has 4 rings (SSSR count). The number of rotatable bonds is 4. The molecule has 4 aromatic carbocycles. The van der Waals surface area contributed by atoms with Crippen molar-refractivity contribution in [3.63, 3.8) is 0 Å². The van der Waals surface area contributed by atoms with E-state index < -0.39 is 7.82 Å². The molecule has 0 aromatic heterocycles. The second-order valence-corrected chi connectivity index (χ2v) is 7.84. The van der Waals surface area contributed by atoms with E-state index in [2.05, 4.69) is 0 Å². The lowest BCUT2D eigenvalue weighted by Gasteiger charge is -2.19. The molecule has 7 heteroatoms. The van der Waals surface area contributed by atoms with Crippen LogP contribution < -0.4 is 16.0 Å².